The number of aliphatic imine (C=N–C) groups is 1. The summed E-state index contributed by atoms with van der Waals surface area (Å²) in [6.07, 6.45) is -2.45. The van der Waals surface area contributed by atoms with E-state index >= 15 is 0 Å². The number of nitrogens with one attached hydrogen (secondary N) is 1. The lowest BCUT2D eigenvalue weighted by atomic mass is 10.0. The number of carbonyl (C=O) groups excluding carboxylic acids is 2. The number of anilines is 1. The van der Waals surface area contributed by atoms with Crippen molar-refractivity contribution in [3.63, 3.8) is 0 Å². The SMILES string of the molecule is O=C(Oc1ccccc1)OC1N=C(c2ccccc2)c2cc(Cl)ccc2NC1=O. The van der Waals surface area contributed by atoms with Crippen LogP contribution in [0.4, 0.5) is 10.5 Å². The summed E-state index contributed by atoms with van der Waals surface area (Å²) in [5.74, 6) is -0.293. The quantitative estimate of drug-likeness (QED) is 0.506. The Morgan fingerprint density at radius 1 is 0.966 bits per heavy atom. The van der Waals surface area contributed by atoms with Gasteiger partial charge in [-0.1, -0.05) is 60.1 Å². The van der Waals surface area contributed by atoms with Gasteiger partial charge in [0.15, 0.2) is 0 Å². The zero-order chi connectivity index (χ0) is 20.2. The topological polar surface area (TPSA) is 77.0 Å². The van der Waals surface area contributed by atoms with Crippen molar-refractivity contribution in [3.05, 3.63) is 95.0 Å². The van der Waals surface area contributed by atoms with Crippen LogP contribution in [0.5, 0.6) is 5.75 Å². The Bertz CT molecular complexity index is 1080. The van der Waals surface area contributed by atoms with Crippen molar-refractivity contribution in [3.8, 4) is 5.75 Å². The van der Waals surface area contributed by atoms with Crippen LogP contribution in [0.15, 0.2) is 83.9 Å². The van der Waals surface area contributed by atoms with Gasteiger partial charge in [-0.15, -0.1) is 0 Å². The van der Waals surface area contributed by atoms with Gasteiger partial charge in [0.05, 0.1) is 11.4 Å². The molecule has 1 aliphatic rings. The first kappa shape index (κ1) is 18.7. The molecule has 0 saturated carbocycles. The van der Waals surface area contributed by atoms with Gasteiger partial charge in [-0.2, -0.15) is 0 Å². The smallest absolute Gasteiger partial charge is 0.398 e. The molecule has 7 heteroatoms. The van der Waals surface area contributed by atoms with Crippen molar-refractivity contribution >= 4 is 35.1 Å². The summed E-state index contributed by atoms with van der Waals surface area (Å²) in [6.45, 7) is 0. The summed E-state index contributed by atoms with van der Waals surface area (Å²) in [5.41, 5.74) is 2.36. The normalized spacial score (nSPS) is 15.4. The molecule has 144 valence electrons. The number of nitrogens with zero attached hydrogens (tertiary/aromatic N) is 1. The maximum Gasteiger partial charge on any atom is 0.516 e. The highest BCUT2D eigenvalue weighted by molar-refractivity contribution is 6.32. The predicted molar refractivity (Wildman–Crippen MR) is 110 cm³/mol. The summed E-state index contributed by atoms with van der Waals surface area (Å²) in [5, 5.41) is 3.21. The van der Waals surface area contributed by atoms with E-state index in [9.17, 15) is 9.59 Å². The first-order valence-corrected chi connectivity index (χ1v) is 9.15. The average Bonchev–Trinajstić information content (AvgIpc) is 2.86. The van der Waals surface area contributed by atoms with Crippen LogP contribution < -0.4 is 10.1 Å². The van der Waals surface area contributed by atoms with Gasteiger partial charge in [-0.05, 0) is 30.3 Å². The average molecular weight is 407 g/mol. The Kier molecular flexibility index (Phi) is 5.27. The first-order valence-electron chi connectivity index (χ1n) is 8.78. The monoisotopic (exact) mass is 406 g/mol. The Morgan fingerprint density at radius 3 is 2.38 bits per heavy atom. The molecule has 0 radical (unpaired) electrons. The van der Waals surface area contributed by atoms with Crippen LogP contribution >= 0.6 is 11.6 Å². The van der Waals surface area contributed by atoms with Crippen LogP contribution in [-0.4, -0.2) is 24.0 Å². The minimum absolute atomic E-state index is 0.300. The molecule has 1 heterocycles. The lowest BCUT2D eigenvalue weighted by molar-refractivity contribution is -0.124. The van der Waals surface area contributed by atoms with E-state index in [-0.39, 0.29) is 0 Å². The second-order valence-electron chi connectivity index (χ2n) is 6.16. The van der Waals surface area contributed by atoms with Crippen LogP contribution in [0.3, 0.4) is 0 Å². The summed E-state index contributed by atoms with van der Waals surface area (Å²) in [6, 6.07) is 22.7. The summed E-state index contributed by atoms with van der Waals surface area (Å²) in [7, 11) is 0. The molecule has 0 aliphatic carbocycles. The third-order valence-corrected chi connectivity index (χ3v) is 4.40. The molecule has 1 atom stereocenters. The fourth-order valence-electron chi connectivity index (χ4n) is 2.87. The second kappa shape index (κ2) is 8.16. The van der Waals surface area contributed by atoms with Gasteiger partial charge in [-0.25, -0.2) is 9.79 Å². The standard InChI is InChI=1S/C22H15ClN2O4/c23-15-11-12-18-17(13-15)19(14-7-3-1-4-8-14)25-21(20(26)24-18)29-22(27)28-16-9-5-2-6-10-16/h1-13,21H,(H,24,26). The molecule has 0 aromatic heterocycles. The minimum atomic E-state index is -1.42. The van der Waals surface area contributed by atoms with Crippen molar-refractivity contribution in [1.82, 2.24) is 0 Å². The number of rotatable bonds is 3. The van der Waals surface area contributed by atoms with Crippen molar-refractivity contribution in [1.29, 1.82) is 0 Å². The molecule has 6 nitrogen and oxygen atoms in total. The molecule has 0 bridgehead atoms. The van der Waals surface area contributed by atoms with E-state index in [1.54, 1.807) is 48.5 Å². The van der Waals surface area contributed by atoms with Crippen molar-refractivity contribution in [2.24, 2.45) is 4.99 Å². The van der Waals surface area contributed by atoms with Gasteiger partial charge in [0.2, 0.25) is 0 Å². The van der Waals surface area contributed by atoms with Crippen molar-refractivity contribution < 1.29 is 19.1 Å². The molecular formula is C22H15ClN2O4. The number of carbonyl (C=O) groups is 2. The number of benzodiazepines with no additional fused rings is 1. The molecule has 1 unspecified atom stereocenters. The van der Waals surface area contributed by atoms with E-state index in [1.165, 1.54) is 0 Å². The molecule has 1 aliphatic heterocycles. The molecule has 3 aromatic rings. The fourth-order valence-corrected chi connectivity index (χ4v) is 3.04. The molecule has 29 heavy (non-hydrogen) atoms. The molecule has 0 saturated heterocycles. The fraction of sp³-hybridized carbons (Fsp3) is 0.0455. The first-order chi connectivity index (χ1) is 14.1. The number of para-hydroxylation sites is 1. The second-order valence-corrected chi connectivity index (χ2v) is 6.59. The molecular weight excluding hydrogens is 392 g/mol. The van der Waals surface area contributed by atoms with E-state index in [0.717, 1.165) is 5.56 Å². The van der Waals surface area contributed by atoms with Crippen LogP contribution in [0, 0.1) is 0 Å². The number of benzene rings is 3. The van der Waals surface area contributed by atoms with E-state index in [0.29, 0.717) is 27.7 Å². The highest BCUT2D eigenvalue weighted by atomic mass is 35.5. The summed E-state index contributed by atoms with van der Waals surface area (Å²) >= 11 is 6.16. The predicted octanol–water partition coefficient (Wildman–Crippen LogP) is 4.67. The van der Waals surface area contributed by atoms with Crippen molar-refractivity contribution in [2.75, 3.05) is 5.32 Å². The number of amides is 1. The lowest BCUT2D eigenvalue weighted by Crippen LogP contribution is -2.31. The third kappa shape index (κ3) is 4.28. The molecule has 4 rings (SSSR count). The van der Waals surface area contributed by atoms with E-state index in [2.05, 4.69) is 10.3 Å². The Hall–Kier alpha value is -3.64. The molecule has 0 fully saturated rings. The number of hydrogen-bond acceptors (Lipinski definition) is 5. The van der Waals surface area contributed by atoms with Crippen LogP contribution in [0.2, 0.25) is 5.02 Å². The summed E-state index contributed by atoms with van der Waals surface area (Å²) in [4.78, 5) is 29.3. The van der Waals surface area contributed by atoms with E-state index < -0.39 is 18.3 Å². The Balaban J connectivity index is 1.68. The minimum Gasteiger partial charge on any atom is -0.398 e. The molecule has 1 amide bonds. The maximum absolute atomic E-state index is 12.6. The van der Waals surface area contributed by atoms with Gasteiger partial charge < -0.3 is 14.8 Å². The summed E-state index contributed by atoms with van der Waals surface area (Å²) < 4.78 is 10.3. The van der Waals surface area contributed by atoms with Gasteiger partial charge in [0.1, 0.15) is 5.75 Å². The zero-order valence-electron chi connectivity index (χ0n) is 15.0. The number of hydrogen-bond donors (Lipinski definition) is 1. The maximum atomic E-state index is 12.6. The number of halogens is 1. The van der Waals surface area contributed by atoms with E-state index in [4.69, 9.17) is 21.1 Å². The van der Waals surface area contributed by atoms with Gasteiger partial charge in [0.25, 0.3) is 12.1 Å². The van der Waals surface area contributed by atoms with Crippen LogP contribution in [0.1, 0.15) is 11.1 Å². The number of ether oxygens (including phenoxy) is 2. The Morgan fingerprint density at radius 2 is 1.66 bits per heavy atom. The van der Waals surface area contributed by atoms with Gasteiger partial charge in [-0.3, -0.25) is 4.79 Å². The van der Waals surface area contributed by atoms with Crippen LogP contribution in [-0.2, 0) is 9.53 Å². The lowest BCUT2D eigenvalue weighted by Gasteiger charge is -2.12. The van der Waals surface area contributed by atoms with E-state index in [1.807, 2.05) is 30.3 Å². The van der Waals surface area contributed by atoms with Gasteiger partial charge >= 0.3 is 6.16 Å². The zero-order valence-corrected chi connectivity index (χ0v) is 15.8. The Labute approximate surface area is 171 Å². The van der Waals surface area contributed by atoms with Crippen LogP contribution in [0.25, 0.3) is 0 Å². The molecule has 3 aromatic carbocycles. The third-order valence-electron chi connectivity index (χ3n) is 4.16. The molecule has 1 N–H and O–H groups in total. The molecule has 0 spiro atoms. The van der Waals surface area contributed by atoms with Crippen molar-refractivity contribution in [2.45, 2.75) is 6.23 Å². The largest absolute Gasteiger partial charge is 0.516 e. The highest BCUT2D eigenvalue weighted by Gasteiger charge is 2.29. The highest BCUT2D eigenvalue weighted by Crippen LogP contribution is 2.27. The number of fused-ring (bicyclic) bond motifs is 1. The van der Waals surface area contributed by atoms with Gasteiger partial charge in [0, 0.05) is 16.1 Å².